The Bertz CT molecular complexity index is 495. The summed E-state index contributed by atoms with van der Waals surface area (Å²) in [6.45, 7) is 0. The molecule has 0 atom stereocenters. The Morgan fingerprint density at radius 1 is 1.44 bits per heavy atom. The molecule has 1 aliphatic rings. The first-order chi connectivity index (χ1) is 8.46. The highest BCUT2D eigenvalue weighted by atomic mass is 19.3. The number of amides is 1. The molecule has 1 aromatic carbocycles. The number of carbonyl (C=O) groups is 1. The molecular formula is C12H12F2N2O2. The monoisotopic (exact) mass is 254 g/mol. The van der Waals surface area contributed by atoms with Gasteiger partial charge in [0.2, 0.25) is 5.92 Å². The molecule has 1 fully saturated rings. The number of nitrogens with one attached hydrogen (secondary N) is 1. The minimum atomic E-state index is -2.65. The van der Waals surface area contributed by atoms with Crippen molar-refractivity contribution in [3.05, 3.63) is 34.2 Å². The highest BCUT2D eigenvalue weighted by molar-refractivity contribution is 5.96. The van der Waals surface area contributed by atoms with E-state index in [0.717, 1.165) is 0 Å². The predicted octanol–water partition coefficient (Wildman–Crippen LogP) is 2.96. The molecule has 0 radical (unpaired) electrons. The van der Waals surface area contributed by atoms with Gasteiger partial charge in [-0.2, -0.15) is 0 Å². The third kappa shape index (κ3) is 2.23. The van der Waals surface area contributed by atoms with Crippen LogP contribution in [-0.2, 0) is 0 Å². The van der Waals surface area contributed by atoms with Crippen molar-refractivity contribution < 1.29 is 13.6 Å². The minimum Gasteiger partial charge on any atom is -0.355 e. The van der Waals surface area contributed by atoms with Crippen molar-refractivity contribution in [3.8, 4) is 0 Å². The fourth-order valence-corrected chi connectivity index (χ4v) is 2.17. The number of alkyl halides is 2. The van der Waals surface area contributed by atoms with Crippen LogP contribution in [0.4, 0.5) is 14.5 Å². The minimum absolute atomic E-state index is 0.114. The number of nitrogens with zero attached hydrogens (tertiary/aromatic N) is 1. The van der Waals surface area contributed by atoms with Crippen LogP contribution in [0.1, 0.15) is 34.7 Å². The molecule has 1 amide bonds. The summed E-state index contributed by atoms with van der Waals surface area (Å²) in [5.41, 5.74) is 0.909. The van der Waals surface area contributed by atoms with E-state index in [1.807, 2.05) is 0 Å². The van der Waals surface area contributed by atoms with Crippen molar-refractivity contribution in [1.29, 1.82) is 0 Å². The summed E-state index contributed by atoms with van der Waals surface area (Å²) in [4.78, 5) is 22.1. The van der Waals surface area contributed by atoms with Gasteiger partial charge in [-0.25, -0.2) is 8.78 Å². The molecule has 4 nitrogen and oxygen atoms in total. The first kappa shape index (κ1) is 12.6. The summed E-state index contributed by atoms with van der Waals surface area (Å²) in [6, 6.07) is 4.30. The molecule has 1 aromatic rings. The molecular weight excluding hydrogens is 242 g/mol. The van der Waals surface area contributed by atoms with Gasteiger partial charge >= 0.3 is 0 Å². The summed E-state index contributed by atoms with van der Waals surface area (Å²) in [5.74, 6) is -3.38. The summed E-state index contributed by atoms with van der Waals surface area (Å²) in [6.07, 6.45) is -0.518. The topological polar surface area (TPSA) is 58.5 Å². The van der Waals surface area contributed by atoms with Crippen molar-refractivity contribution in [2.45, 2.75) is 24.7 Å². The van der Waals surface area contributed by atoms with Crippen LogP contribution in [0.3, 0.4) is 0 Å². The maximum absolute atomic E-state index is 12.9. The van der Waals surface area contributed by atoms with Gasteiger partial charge in [-0.05, 0) is 28.8 Å². The lowest BCUT2D eigenvalue weighted by Crippen LogP contribution is -2.35. The van der Waals surface area contributed by atoms with E-state index < -0.39 is 11.8 Å². The third-order valence-electron chi connectivity index (χ3n) is 3.14. The lowest BCUT2D eigenvalue weighted by Gasteiger charge is -2.36. The normalized spacial score (nSPS) is 17.9. The van der Waals surface area contributed by atoms with Crippen molar-refractivity contribution in [3.63, 3.8) is 0 Å². The van der Waals surface area contributed by atoms with E-state index in [0.29, 0.717) is 5.56 Å². The Kier molecular flexibility index (Phi) is 3.11. The van der Waals surface area contributed by atoms with Gasteiger partial charge in [0, 0.05) is 25.5 Å². The molecule has 0 heterocycles. The second-order valence-corrected chi connectivity index (χ2v) is 4.40. The summed E-state index contributed by atoms with van der Waals surface area (Å²) in [5, 5.41) is 5.17. The van der Waals surface area contributed by atoms with Crippen LogP contribution in [-0.4, -0.2) is 18.9 Å². The molecule has 2 rings (SSSR count). The van der Waals surface area contributed by atoms with Gasteiger partial charge in [-0.1, -0.05) is 6.07 Å². The van der Waals surface area contributed by atoms with Crippen LogP contribution in [0.5, 0.6) is 0 Å². The van der Waals surface area contributed by atoms with E-state index in [2.05, 4.69) is 10.5 Å². The number of hydrogen-bond acceptors (Lipinski definition) is 3. The van der Waals surface area contributed by atoms with E-state index in [4.69, 9.17) is 0 Å². The Morgan fingerprint density at radius 2 is 2.11 bits per heavy atom. The first-order valence-electron chi connectivity index (χ1n) is 5.54. The van der Waals surface area contributed by atoms with Gasteiger partial charge in [0.15, 0.2) is 0 Å². The number of benzene rings is 1. The molecule has 1 aliphatic carbocycles. The zero-order valence-corrected chi connectivity index (χ0v) is 9.74. The maximum Gasteiger partial charge on any atom is 0.251 e. The van der Waals surface area contributed by atoms with Gasteiger partial charge < -0.3 is 5.32 Å². The number of nitroso groups, excluding NO2 is 1. The van der Waals surface area contributed by atoms with Crippen LogP contribution >= 0.6 is 0 Å². The zero-order chi connectivity index (χ0) is 13.3. The highest BCUT2D eigenvalue weighted by Crippen LogP contribution is 2.49. The fourth-order valence-electron chi connectivity index (χ4n) is 2.17. The third-order valence-corrected chi connectivity index (χ3v) is 3.14. The molecule has 0 aliphatic heterocycles. The summed E-state index contributed by atoms with van der Waals surface area (Å²) < 4.78 is 25.7. The van der Waals surface area contributed by atoms with Gasteiger partial charge in [-0.3, -0.25) is 4.79 Å². The molecule has 0 aromatic heterocycles. The molecule has 1 saturated carbocycles. The largest absolute Gasteiger partial charge is 0.355 e. The van der Waals surface area contributed by atoms with E-state index in [-0.39, 0.29) is 30.0 Å². The van der Waals surface area contributed by atoms with E-state index in [9.17, 15) is 18.5 Å². The Labute approximate surface area is 102 Å². The van der Waals surface area contributed by atoms with E-state index >= 15 is 0 Å². The SMILES string of the molecule is CNC(=O)c1cc(N=O)ccc1C1CC(F)(F)C1. The maximum atomic E-state index is 12.9. The van der Waals surface area contributed by atoms with E-state index in [1.165, 1.54) is 25.2 Å². The lowest BCUT2D eigenvalue weighted by molar-refractivity contribution is -0.0868. The molecule has 6 heteroatoms. The molecule has 1 N–H and O–H groups in total. The quantitative estimate of drug-likeness (QED) is 0.843. The predicted molar refractivity (Wildman–Crippen MR) is 62.2 cm³/mol. The number of rotatable bonds is 3. The van der Waals surface area contributed by atoms with Crippen molar-refractivity contribution in [2.24, 2.45) is 5.18 Å². The Hall–Kier alpha value is -1.85. The van der Waals surface area contributed by atoms with Crippen LogP contribution in [0.2, 0.25) is 0 Å². The van der Waals surface area contributed by atoms with Crippen molar-refractivity contribution in [2.75, 3.05) is 7.05 Å². The molecule has 0 bridgehead atoms. The van der Waals surface area contributed by atoms with Gasteiger partial charge in [0.05, 0.1) is 0 Å². The molecule has 0 spiro atoms. The standard InChI is InChI=1S/C12H12F2N2O2/c1-15-11(17)10-4-8(16-18)2-3-9(10)7-5-12(13,14)6-7/h2-4,7H,5-6H2,1H3,(H,15,17). The Morgan fingerprint density at radius 3 is 2.61 bits per heavy atom. The molecule has 0 saturated heterocycles. The van der Waals surface area contributed by atoms with Gasteiger partial charge in [0.25, 0.3) is 5.91 Å². The molecule has 0 unspecified atom stereocenters. The Balaban J connectivity index is 2.35. The van der Waals surface area contributed by atoms with Crippen molar-refractivity contribution in [1.82, 2.24) is 5.32 Å². The summed E-state index contributed by atoms with van der Waals surface area (Å²) >= 11 is 0. The van der Waals surface area contributed by atoms with E-state index in [1.54, 1.807) is 0 Å². The average Bonchev–Trinajstić information content (AvgIpc) is 2.34. The molecule has 18 heavy (non-hydrogen) atoms. The second kappa shape index (κ2) is 4.44. The zero-order valence-electron chi connectivity index (χ0n) is 9.74. The van der Waals surface area contributed by atoms with Crippen LogP contribution in [0.25, 0.3) is 0 Å². The van der Waals surface area contributed by atoms with Crippen LogP contribution in [0, 0.1) is 4.91 Å². The second-order valence-electron chi connectivity index (χ2n) is 4.40. The lowest BCUT2D eigenvalue weighted by atomic mass is 9.75. The summed E-state index contributed by atoms with van der Waals surface area (Å²) in [7, 11) is 1.45. The smallest absolute Gasteiger partial charge is 0.251 e. The number of carbonyl (C=O) groups excluding carboxylic acids is 1. The first-order valence-corrected chi connectivity index (χ1v) is 5.54. The highest BCUT2D eigenvalue weighted by Gasteiger charge is 2.46. The fraction of sp³-hybridized carbons (Fsp3) is 0.417. The molecule has 96 valence electrons. The van der Waals surface area contributed by atoms with Crippen molar-refractivity contribution >= 4 is 11.6 Å². The average molecular weight is 254 g/mol. The number of halogens is 2. The van der Waals surface area contributed by atoms with Crippen LogP contribution < -0.4 is 5.32 Å². The van der Waals surface area contributed by atoms with Crippen LogP contribution in [0.15, 0.2) is 23.4 Å². The number of hydrogen-bond donors (Lipinski definition) is 1. The van der Waals surface area contributed by atoms with Gasteiger partial charge in [0.1, 0.15) is 5.69 Å². The van der Waals surface area contributed by atoms with Gasteiger partial charge in [-0.15, -0.1) is 4.91 Å².